The second-order valence-corrected chi connectivity index (χ2v) is 7.57. The maximum atomic E-state index is 6.10. The highest BCUT2D eigenvalue weighted by Crippen LogP contribution is 2.44. The Bertz CT molecular complexity index is 1060. The topological polar surface area (TPSA) is 58.2 Å². The first kappa shape index (κ1) is 19.6. The Labute approximate surface area is 181 Å². The lowest BCUT2D eigenvalue weighted by molar-refractivity contribution is 0.174. The smallest absolute Gasteiger partial charge is 0.231 e. The van der Waals surface area contributed by atoms with Gasteiger partial charge in [0.25, 0.3) is 0 Å². The summed E-state index contributed by atoms with van der Waals surface area (Å²) >= 11 is 0. The molecule has 6 heteroatoms. The molecule has 3 aromatic rings. The molecule has 0 bridgehead atoms. The van der Waals surface area contributed by atoms with Gasteiger partial charge in [0.15, 0.2) is 23.0 Å². The van der Waals surface area contributed by atoms with E-state index in [0.717, 1.165) is 35.6 Å². The normalized spacial score (nSPS) is 16.5. The molecule has 1 unspecified atom stereocenters. The molecule has 31 heavy (non-hydrogen) atoms. The summed E-state index contributed by atoms with van der Waals surface area (Å²) in [4.78, 5) is 0. The second kappa shape index (κ2) is 8.40. The monoisotopic (exact) mass is 419 g/mol. The zero-order valence-electron chi connectivity index (χ0n) is 17.6. The van der Waals surface area contributed by atoms with Crippen molar-refractivity contribution in [1.82, 2.24) is 5.32 Å². The molecule has 6 nitrogen and oxygen atoms in total. The average Bonchev–Trinajstić information content (AvgIpc) is 3.28. The number of ether oxygens (including phenoxy) is 5. The molecule has 2 aliphatic heterocycles. The lowest BCUT2D eigenvalue weighted by Gasteiger charge is -2.28. The Hall–Kier alpha value is -3.38. The molecule has 0 aliphatic carbocycles. The largest absolute Gasteiger partial charge is 0.493 e. The van der Waals surface area contributed by atoms with Gasteiger partial charge in [-0.05, 0) is 52.9 Å². The summed E-state index contributed by atoms with van der Waals surface area (Å²) in [7, 11) is 3.29. The molecule has 2 heterocycles. The van der Waals surface area contributed by atoms with Gasteiger partial charge in [-0.25, -0.2) is 0 Å². The summed E-state index contributed by atoms with van der Waals surface area (Å²) in [5.41, 5.74) is 4.56. The molecular weight excluding hydrogens is 394 g/mol. The van der Waals surface area contributed by atoms with Crippen molar-refractivity contribution in [2.75, 3.05) is 27.6 Å². The van der Waals surface area contributed by atoms with E-state index in [-0.39, 0.29) is 12.8 Å². The van der Waals surface area contributed by atoms with E-state index in [4.69, 9.17) is 23.7 Å². The van der Waals surface area contributed by atoms with Crippen LogP contribution in [0.25, 0.3) is 0 Å². The Kier molecular flexibility index (Phi) is 5.30. The molecule has 0 saturated heterocycles. The summed E-state index contributed by atoms with van der Waals surface area (Å²) < 4.78 is 28.7. The van der Waals surface area contributed by atoms with Crippen LogP contribution in [0.4, 0.5) is 0 Å². The molecule has 5 rings (SSSR count). The first-order valence-electron chi connectivity index (χ1n) is 10.3. The van der Waals surface area contributed by atoms with Gasteiger partial charge in [-0.2, -0.15) is 0 Å². The standard InChI is InChI=1S/C25H25NO5/c1-27-22-11-18(12-23(28-2)25(22)29-14-16-6-4-3-5-7-16)24-19-13-21-20(30-15-31-21)10-17(19)8-9-26-24/h3-7,10-13,24,26H,8-9,14-15H2,1-2H3. The quantitative estimate of drug-likeness (QED) is 0.645. The molecule has 0 spiro atoms. The molecule has 3 aromatic carbocycles. The highest BCUT2D eigenvalue weighted by molar-refractivity contribution is 5.58. The van der Waals surface area contributed by atoms with Crippen LogP contribution in [0.5, 0.6) is 28.7 Å². The van der Waals surface area contributed by atoms with Crippen molar-refractivity contribution in [2.24, 2.45) is 0 Å². The Morgan fingerprint density at radius 1 is 0.935 bits per heavy atom. The van der Waals surface area contributed by atoms with Crippen molar-refractivity contribution in [3.05, 3.63) is 76.9 Å². The van der Waals surface area contributed by atoms with Gasteiger partial charge < -0.3 is 29.0 Å². The van der Waals surface area contributed by atoms with E-state index in [1.807, 2.05) is 42.5 Å². The van der Waals surface area contributed by atoms with Gasteiger partial charge in [-0.3, -0.25) is 0 Å². The van der Waals surface area contributed by atoms with Crippen LogP contribution in [0, 0.1) is 0 Å². The van der Waals surface area contributed by atoms with Crippen molar-refractivity contribution >= 4 is 0 Å². The van der Waals surface area contributed by atoms with Gasteiger partial charge >= 0.3 is 0 Å². The van der Waals surface area contributed by atoms with E-state index in [2.05, 4.69) is 17.4 Å². The SMILES string of the molecule is COc1cc(C2NCCc3cc4c(cc32)OCO4)cc(OC)c1OCc1ccccc1. The van der Waals surface area contributed by atoms with Gasteiger partial charge in [-0.1, -0.05) is 30.3 Å². The summed E-state index contributed by atoms with van der Waals surface area (Å²) in [5.74, 6) is 3.48. The molecule has 0 radical (unpaired) electrons. The van der Waals surface area contributed by atoms with E-state index in [1.54, 1.807) is 14.2 Å². The first-order chi connectivity index (χ1) is 15.3. The lowest BCUT2D eigenvalue weighted by atomic mass is 9.89. The third-order valence-electron chi connectivity index (χ3n) is 5.73. The maximum absolute atomic E-state index is 6.10. The van der Waals surface area contributed by atoms with E-state index in [0.29, 0.717) is 23.9 Å². The summed E-state index contributed by atoms with van der Waals surface area (Å²) in [6.45, 7) is 1.57. The van der Waals surface area contributed by atoms with E-state index >= 15 is 0 Å². The van der Waals surface area contributed by atoms with E-state index < -0.39 is 0 Å². The number of benzene rings is 3. The minimum absolute atomic E-state index is 0.00998. The lowest BCUT2D eigenvalue weighted by Crippen LogP contribution is -2.30. The molecule has 1 atom stereocenters. The minimum atomic E-state index is -0.00998. The molecule has 2 aliphatic rings. The molecule has 0 amide bonds. The third-order valence-corrected chi connectivity index (χ3v) is 5.73. The molecule has 0 saturated carbocycles. The van der Waals surface area contributed by atoms with Crippen molar-refractivity contribution in [2.45, 2.75) is 19.1 Å². The average molecular weight is 419 g/mol. The molecule has 0 aromatic heterocycles. The highest BCUT2D eigenvalue weighted by Gasteiger charge is 2.28. The van der Waals surface area contributed by atoms with Crippen LogP contribution < -0.4 is 29.0 Å². The van der Waals surface area contributed by atoms with Gasteiger partial charge in [0, 0.05) is 6.54 Å². The van der Waals surface area contributed by atoms with Crippen molar-refractivity contribution in [3.8, 4) is 28.7 Å². The molecule has 160 valence electrons. The number of rotatable bonds is 6. The summed E-state index contributed by atoms with van der Waals surface area (Å²) in [5, 5.41) is 3.61. The summed E-state index contributed by atoms with van der Waals surface area (Å²) in [6, 6.07) is 18.2. The van der Waals surface area contributed by atoms with Crippen molar-refractivity contribution in [3.63, 3.8) is 0 Å². The van der Waals surface area contributed by atoms with E-state index in [1.165, 1.54) is 11.1 Å². The van der Waals surface area contributed by atoms with Crippen molar-refractivity contribution < 1.29 is 23.7 Å². The fraction of sp³-hybridized carbons (Fsp3) is 0.280. The number of nitrogens with one attached hydrogen (secondary N) is 1. The Balaban J connectivity index is 1.50. The summed E-state index contributed by atoms with van der Waals surface area (Å²) in [6.07, 6.45) is 0.939. The van der Waals surface area contributed by atoms with E-state index in [9.17, 15) is 0 Å². The van der Waals surface area contributed by atoms with Crippen LogP contribution in [-0.4, -0.2) is 27.6 Å². The number of methoxy groups -OCH3 is 2. The second-order valence-electron chi connectivity index (χ2n) is 7.57. The fourth-order valence-electron chi connectivity index (χ4n) is 4.18. The van der Waals surface area contributed by atoms with Gasteiger partial charge in [-0.15, -0.1) is 0 Å². The Morgan fingerprint density at radius 3 is 2.35 bits per heavy atom. The van der Waals surface area contributed by atoms with Crippen LogP contribution in [0.3, 0.4) is 0 Å². The zero-order valence-corrected chi connectivity index (χ0v) is 17.6. The Morgan fingerprint density at radius 2 is 1.65 bits per heavy atom. The number of hydrogen-bond donors (Lipinski definition) is 1. The van der Waals surface area contributed by atoms with Crippen LogP contribution in [-0.2, 0) is 13.0 Å². The van der Waals surface area contributed by atoms with Crippen molar-refractivity contribution in [1.29, 1.82) is 0 Å². The molecule has 1 N–H and O–H groups in total. The predicted molar refractivity (Wildman–Crippen MR) is 116 cm³/mol. The van der Waals surface area contributed by atoms with Gasteiger partial charge in [0.1, 0.15) is 6.61 Å². The van der Waals surface area contributed by atoms with Gasteiger partial charge in [0.05, 0.1) is 20.3 Å². The highest BCUT2D eigenvalue weighted by atomic mass is 16.7. The van der Waals surface area contributed by atoms with Crippen LogP contribution in [0.15, 0.2) is 54.6 Å². The predicted octanol–water partition coefficient (Wildman–Crippen LogP) is 4.25. The van der Waals surface area contributed by atoms with Crippen LogP contribution >= 0.6 is 0 Å². The number of fused-ring (bicyclic) bond motifs is 2. The maximum Gasteiger partial charge on any atom is 0.231 e. The number of hydrogen-bond acceptors (Lipinski definition) is 6. The first-order valence-corrected chi connectivity index (χ1v) is 10.3. The van der Waals surface area contributed by atoms with Gasteiger partial charge in [0.2, 0.25) is 12.5 Å². The zero-order chi connectivity index (χ0) is 21.2. The molecular formula is C25H25NO5. The van der Waals surface area contributed by atoms with Crippen LogP contribution in [0.2, 0.25) is 0 Å². The molecule has 0 fully saturated rings. The third kappa shape index (κ3) is 3.75. The minimum Gasteiger partial charge on any atom is -0.493 e. The fourth-order valence-corrected chi connectivity index (χ4v) is 4.18. The van der Waals surface area contributed by atoms with Crippen LogP contribution in [0.1, 0.15) is 28.3 Å².